The van der Waals surface area contributed by atoms with Gasteiger partial charge in [-0.2, -0.15) is 0 Å². The second-order valence-corrected chi connectivity index (χ2v) is 8.81. The Morgan fingerprint density at radius 3 is 2.72 bits per heavy atom. The second kappa shape index (κ2) is 8.05. The molecule has 0 spiro atoms. The van der Waals surface area contributed by atoms with Crippen LogP contribution in [0.5, 0.6) is 0 Å². The maximum atomic E-state index is 13.1. The van der Waals surface area contributed by atoms with Crippen molar-refractivity contribution in [1.29, 1.82) is 0 Å². The smallest absolute Gasteiger partial charge is 0.292 e. The molecule has 1 aromatic carbocycles. The van der Waals surface area contributed by atoms with Crippen molar-refractivity contribution in [3.05, 3.63) is 46.5 Å². The van der Waals surface area contributed by atoms with Crippen LogP contribution in [0.1, 0.15) is 54.6 Å². The van der Waals surface area contributed by atoms with Crippen LogP contribution in [0.4, 0.5) is 0 Å². The third-order valence-corrected chi connectivity index (χ3v) is 6.74. The predicted molar refractivity (Wildman–Crippen MR) is 111 cm³/mol. The van der Waals surface area contributed by atoms with Gasteiger partial charge in [-0.1, -0.05) is 23.7 Å². The van der Waals surface area contributed by atoms with Crippen molar-refractivity contribution in [3.8, 4) is 0 Å². The van der Waals surface area contributed by atoms with E-state index in [1.807, 2.05) is 27.7 Å². The Labute approximate surface area is 175 Å². The first-order valence-electron chi connectivity index (χ1n) is 10.3. The molecule has 29 heavy (non-hydrogen) atoms. The molecule has 1 fully saturated rings. The van der Waals surface area contributed by atoms with Crippen LogP contribution in [0.15, 0.2) is 24.3 Å². The van der Waals surface area contributed by atoms with Crippen LogP contribution in [0.3, 0.4) is 0 Å². The molecule has 0 saturated heterocycles. The molecule has 4 rings (SSSR count). The van der Waals surface area contributed by atoms with Gasteiger partial charge in [0.2, 0.25) is 5.82 Å². The van der Waals surface area contributed by atoms with Crippen molar-refractivity contribution >= 4 is 17.5 Å². The SMILES string of the molecule is CC(O)Cc1nnc2n1CCN(C1CCC(CN)(c3cccc(Cl)c3)CC1)C2=O. The van der Waals surface area contributed by atoms with Gasteiger partial charge in [-0.05, 0) is 50.3 Å². The summed E-state index contributed by atoms with van der Waals surface area (Å²) in [4.78, 5) is 15.0. The van der Waals surface area contributed by atoms with Gasteiger partial charge in [0.15, 0.2) is 0 Å². The summed E-state index contributed by atoms with van der Waals surface area (Å²) in [6.45, 7) is 3.60. The lowest BCUT2D eigenvalue weighted by Gasteiger charge is -2.44. The van der Waals surface area contributed by atoms with Crippen LogP contribution >= 0.6 is 11.6 Å². The first-order valence-corrected chi connectivity index (χ1v) is 10.7. The zero-order valence-corrected chi connectivity index (χ0v) is 17.5. The van der Waals surface area contributed by atoms with E-state index in [0.717, 1.165) is 30.7 Å². The van der Waals surface area contributed by atoms with Crippen LogP contribution in [-0.4, -0.2) is 55.9 Å². The fourth-order valence-electron chi connectivity index (χ4n) is 4.83. The van der Waals surface area contributed by atoms with E-state index >= 15 is 0 Å². The maximum absolute atomic E-state index is 13.1. The van der Waals surface area contributed by atoms with Crippen molar-refractivity contribution in [2.75, 3.05) is 13.1 Å². The Balaban J connectivity index is 1.48. The molecule has 2 aliphatic rings. The number of fused-ring (bicyclic) bond motifs is 1. The van der Waals surface area contributed by atoms with E-state index in [4.69, 9.17) is 17.3 Å². The van der Waals surface area contributed by atoms with Gasteiger partial charge >= 0.3 is 0 Å². The van der Waals surface area contributed by atoms with Crippen LogP contribution in [0, 0.1) is 0 Å². The number of aliphatic hydroxyl groups excluding tert-OH is 1. The predicted octanol–water partition coefficient (Wildman–Crippen LogP) is 2.15. The number of benzene rings is 1. The Hall–Kier alpha value is -1.96. The second-order valence-electron chi connectivity index (χ2n) is 8.37. The van der Waals surface area contributed by atoms with E-state index in [-0.39, 0.29) is 17.4 Å². The van der Waals surface area contributed by atoms with Crippen molar-refractivity contribution in [2.24, 2.45) is 5.73 Å². The molecule has 1 aromatic heterocycles. The van der Waals surface area contributed by atoms with Crippen molar-refractivity contribution in [3.63, 3.8) is 0 Å². The number of nitrogens with zero attached hydrogens (tertiary/aromatic N) is 4. The summed E-state index contributed by atoms with van der Waals surface area (Å²) in [5.41, 5.74) is 7.33. The highest BCUT2D eigenvalue weighted by atomic mass is 35.5. The number of hydrogen-bond acceptors (Lipinski definition) is 5. The van der Waals surface area contributed by atoms with Gasteiger partial charge in [-0.25, -0.2) is 0 Å². The lowest BCUT2D eigenvalue weighted by molar-refractivity contribution is 0.0519. The molecule has 1 atom stereocenters. The molecule has 1 unspecified atom stereocenters. The van der Waals surface area contributed by atoms with E-state index in [1.54, 1.807) is 6.92 Å². The molecule has 156 valence electrons. The molecule has 3 N–H and O–H groups in total. The van der Waals surface area contributed by atoms with Crippen molar-refractivity contribution < 1.29 is 9.90 Å². The average molecular weight is 418 g/mol. The molecule has 1 amide bonds. The van der Waals surface area contributed by atoms with Crippen LogP contribution in [0.2, 0.25) is 5.02 Å². The normalized spacial score (nSPS) is 25.7. The first-order chi connectivity index (χ1) is 13.9. The van der Waals surface area contributed by atoms with Gasteiger partial charge in [-0.15, -0.1) is 10.2 Å². The number of aromatic nitrogens is 3. The number of hydrogen-bond donors (Lipinski definition) is 2. The number of rotatable bonds is 5. The van der Waals surface area contributed by atoms with Gasteiger partial charge in [0.25, 0.3) is 5.91 Å². The summed E-state index contributed by atoms with van der Waals surface area (Å²) in [5, 5.41) is 18.6. The largest absolute Gasteiger partial charge is 0.393 e. The zero-order valence-electron chi connectivity index (χ0n) is 16.7. The Morgan fingerprint density at radius 2 is 2.07 bits per heavy atom. The van der Waals surface area contributed by atoms with E-state index in [9.17, 15) is 9.90 Å². The summed E-state index contributed by atoms with van der Waals surface area (Å²) in [7, 11) is 0. The maximum Gasteiger partial charge on any atom is 0.292 e. The van der Waals surface area contributed by atoms with E-state index < -0.39 is 6.10 Å². The third kappa shape index (κ3) is 3.79. The monoisotopic (exact) mass is 417 g/mol. The van der Waals surface area contributed by atoms with E-state index in [1.165, 1.54) is 5.56 Å². The minimum absolute atomic E-state index is 0.0615. The standard InChI is InChI=1S/C21H28ClN5O2/c1-14(28)11-18-24-25-19-20(29)26(9-10-27(18)19)17-5-7-21(13-23,8-6-17)15-3-2-4-16(22)12-15/h2-4,12,14,17,28H,5-11,13,23H2,1H3. The molecule has 8 heteroatoms. The van der Waals surface area contributed by atoms with Crippen LogP contribution in [0.25, 0.3) is 0 Å². The highest BCUT2D eigenvalue weighted by molar-refractivity contribution is 6.30. The minimum Gasteiger partial charge on any atom is -0.393 e. The summed E-state index contributed by atoms with van der Waals surface area (Å²) < 4.78 is 1.85. The average Bonchev–Trinajstić information content (AvgIpc) is 3.11. The minimum atomic E-state index is -0.509. The van der Waals surface area contributed by atoms with E-state index in [2.05, 4.69) is 16.3 Å². The van der Waals surface area contributed by atoms with Gasteiger partial charge in [0.1, 0.15) is 5.82 Å². The molecule has 2 aromatic rings. The molecule has 2 heterocycles. The number of halogens is 1. The van der Waals surface area contributed by atoms with Crippen LogP contribution in [-0.2, 0) is 18.4 Å². The van der Waals surface area contributed by atoms with Crippen LogP contribution < -0.4 is 5.73 Å². The number of aliphatic hydroxyl groups is 1. The third-order valence-electron chi connectivity index (χ3n) is 6.50. The van der Waals surface area contributed by atoms with Crippen molar-refractivity contribution in [1.82, 2.24) is 19.7 Å². The highest BCUT2D eigenvalue weighted by Crippen LogP contribution is 2.41. The molecular weight excluding hydrogens is 390 g/mol. The molecule has 0 bridgehead atoms. The lowest BCUT2D eigenvalue weighted by atomic mass is 9.68. The molecule has 1 saturated carbocycles. The quantitative estimate of drug-likeness (QED) is 0.776. The van der Waals surface area contributed by atoms with Gasteiger partial charge in [0.05, 0.1) is 6.10 Å². The Kier molecular flexibility index (Phi) is 5.64. The number of carbonyl (C=O) groups excluding carboxylic acids is 1. The Bertz CT molecular complexity index is 889. The number of nitrogens with two attached hydrogens (primary N) is 1. The molecule has 0 radical (unpaired) electrons. The van der Waals surface area contributed by atoms with Crippen molar-refractivity contribution in [2.45, 2.75) is 63.1 Å². The Morgan fingerprint density at radius 1 is 1.31 bits per heavy atom. The molecular formula is C21H28ClN5O2. The summed E-state index contributed by atoms with van der Waals surface area (Å²) >= 11 is 6.21. The molecule has 1 aliphatic heterocycles. The topological polar surface area (TPSA) is 97.3 Å². The number of carbonyl (C=O) groups is 1. The first kappa shape index (κ1) is 20.3. The number of amides is 1. The van der Waals surface area contributed by atoms with E-state index in [0.29, 0.717) is 37.7 Å². The molecule has 7 nitrogen and oxygen atoms in total. The lowest BCUT2D eigenvalue weighted by Crippen LogP contribution is -2.51. The zero-order chi connectivity index (χ0) is 20.6. The summed E-state index contributed by atoms with van der Waals surface area (Å²) in [6, 6.07) is 8.18. The summed E-state index contributed by atoms with van der Waals surface area (Å²) in [6.07, 6.45) is 3.57. The molecule has 1 aliphatic carbocycles. The summed E-state index contributed by atoms with van der Waals surface area (Å²) in [5.74, 6) is 1.00. The van der Waals surface area contributed by atoms with Gasteiger partial charge in [0, 0.05) is 42.5 Å². The van der Waals surface area contributed by atoms with Gasteiger partial charge < -0.3 is 20.3 Å². The fourth-order valence-corrected chi connectivity index (χ4v) is 5.02. The van der Waals surface area contributed by atoms with Gasteiger partial charge in [-0.3, -0.25) is 4.79 Å². The highest BCUT2D eigenvalue weighted by Gasteiger charge is 2.40. The fraction of sp³-hybridized carbons (Fsp3) is 0.571.